The molecule has 4 nitrogen and oxygen atoms in total. The normalized spacial score (nSPS) is 14.4. The molecule has 4 heteroatoms. The zero-order chi connectivity index (χ0) is 13.9. The van der Waals surface area contributed by atoms with E-state index in [-0.39, 0.29) is 5.41 Å². The molecule has 0 fully saturated rings. The SMILES string of the molecule is CCC(CC)(C(=O)O)C(CC(C)(C)C)C(=O)O. The first-order chi connectivity index (χ1) is 7.60. The highest BCUT2D eigenvalue weighted by atomic mass is 16.4. The Kier molecular flexibility index (Phi) is 5.17. The smallest absolute Gasteiger partial charge is 0.310 e. The van der Waals surface area contributed by atoms with E-state index in [1.165, 1.54) is 0 Å². The summed E-state index contributed by atoms with van der Waals surface area (Å²) in [5.41, 5.74) is -1.35. The van der Waals surface area contributed by atoms with Gasteiger partial charge in [0.25, 0.3) is 0 Å². The summed E-state index contributed by atoms with van der Waals surface area (Å²) in [6.07, 6.45) is 1.05. The monoisotopic (exact) mass is 244 g/mol. The molecule has 1 atom stereocenters. The number of carboxylic acids is 2. The molecular weight excluding hydrogens is 220 g/mol. The molecular formula is C13H24O4. The highest BCUT2D eigenvalue weighted by molar-refractivity contribution is 5.83. The molecule has 0 spiro atoms. The van der Waals surface area contributed by atoms with Gasteiger partial charge in [-0.25, -0.2) is 0 Å². The Morgan fingerprint density at radius 1 is 1.06 bits per heavy atom. The third kappa shape index (κ3) is 3.72. The highest BCUT2D eigenvalue weighted by Gasteiger charge is 2.48. The third-order valence-corrected chi connectivity index (χ3v) is 3.47. The Hall–Kier alpha value is -1.06. The lowest BCUT2D eigenvalue weighted by Crippen LogP contribution is -2.43. The van der Waals surface area contributed by atoms with Crippen LogP contribution in [0.2, 0.25) is 0 Å². The van der Waals surface area contributed by atoms with Crippen LogP contribution in [-0.4, -0.2) is 22.2 Å². The van der Waals surface area contributed by atoms with Gasteiger partial charge < -0.3 is 10.2 Å². The van der Waals surface area contributed by atoms with Crippen molar-refractivity contribution in [3.8, 4) is 0 Å². The predicted octanol–water partition coefficient (Wildman–Crippen LogP) is 3.01. The van der Waals surface area contributed by atoms with Gasteiger partial charge in [-0.05, 0) is 24.7 Å². The van der Waals surface area contributed by atoms with E-state index in [1.54, 1.807) is 13.8 Å². The second kappa shape index (κ2) is 5.52. The molecule has 17 heavy (non-hydrogen) atoms. The van der Waals surface area contributed by atoms with Crippen LogP contribution in [-0.2, 0) is 9.59 Å². The summed E-state index contributed by atoms with van der Waals surface area (Å²) >= 11 is 0. The minimum absolute atomic E-state index is 0.200. The zero-order valence-corrected chi connectivity index (χ0v) is 11.4. The average Bonchev–Trinajstić information content (AvgIpc) is 2.16. The average molecular weight is 244 g/mol. The van der Waals surface area contributed by atoms with Gasteiger partial charge in [-0.1, -0.05) is 34.6 Å². The Labute approximate surface area is 103 Å². The van der Waals surface area contributed by atoms with Crippen LogP contribution < -0.4 is 0 Å². The van der Waals surface area contributed by atoms with E-state index in [9.17, 15) is 19.8 Å². The van der Waals surface area contributed by atoms with E-state index in [2.05, 4.69) is 0 Å². The summed E-state index contributed by atoms with van der Waals surface area (Å²) in [4.78, 5) is 22.8. The number of carboxylic acid groups (broad SMARTS) is 2. The fourth-order valence-corrected chi connectivity index (χ4v) is 2.33. The maximum absolute atomic E-state index is 11.5. The second-order valence-electron chi connectivity index (χ2n) is 5.82. The van der Waals surface area contributed by atoms with Gasteiger partial charge in [0.1, 0.15) is 0 Å². The molecule has 1 unspecified atom stereocenters. The molecule has 0 radical (unpaired) electrons. The maximum Gasteiger partial charge on any atom is 0.310 e. The standard InChI is InChI=1S/C13H24O4/c1-6-13(7-2,11(16)17)9(10(14)15)8-12(3,4)5/h9H,6-8H2,1-5H3,(H,14,15)(H,16,17). The van der Waals surface area contributed by atoms with Crippen molar-refractivity contribution in [2.75, 3.05) is 0 Å². The summed E-state index contributed by atoms with van der Waals surface area (Å²) in [5, 5.41) is 18.7. The van der Waals surface area contributed by atoms with Crippen molar-refractivity contribution in [3.63, 3.8) is 0 Å². The number of aliphatic carboxylic acids is 2. The summed E-state index contributed by atoms with van der Waals surface area (Å²) < 4.78 is 0. The van der Waals surface area contributed by atoms with Crippen LogP contribution in [0.25, 0.3) is 0 Å². The Bertz CT molecular complexity index is 284. The van der Waals surface area contributed by atoms with Gasteiger partial charge in [0.05, 0.1) is 11.3 Å². The first-order valence-electron chi connectivity index (χ1n) is 6.07. The molecule has 0 saturated heterocycles. The van der Waals surface area contributed by atoms with Crippen LogP contribution >= 0.6 is 0 Å². The lowest BCUT2D eigenvalue weighted by molar-refractivity contribution is -0.165. The van der Waals surface area contributed by atoms with Crippen LogP contribution in [0.3, 0.4) is 0 Å². The fraction of sp³-hybridized carbons (Fsp3) is 0.846. The van der Waals surface area contributed by atoms with Crippen LogP contribution in [0.1, 0.15) is 53.9 Å². The molecule has 0 aromatic carbocycles. The van der Waals surface area contributed by atoms with Crippen molar-refractivity contribution < 1.29 is 19.8 Å². The molecule has 0 aliphatic heterocycles. The van der Waals surface area contributed by atoms with Gasteiger partial charge in [-0.15, -0.1) is 0 Å². The van der Waals surface area contributed by atoms with Gasteiger partial charge >= 0.3 is 11.9 Å². The highest BCUT2D eigenvalue weighted by Crippen LogP contribution is 2.42. The third-order valence-electron chi connectivity index (χ3n) is 3.47. The Morgan fingerprint density at radius 3 is 1.65 bits per heavy atom. The first-order valence-corrected chi connectivity index (χ1v) is 6.07. The lowest BCUT2D eigenvalue weighted by atomic mass is 9.66. The first kappa shape index (κ1) is 15.9. The Morgan fingerprint density at radius 2 is 1.47 bits per heavy atom. The van der Waals surface area contributed by atoms with Gasteiger partial charge in [0, 0.05) is 0 Å². The summed E-state index contributed by atoms with van der Waals surface area (Å²) in [7, 11) is 0. The molecule has 0 rings (SSSR count). The van der Waals surface area contributed by atoms with E-state index in [4.69, 9.17) is 0 Å². The predicted molar refractivity (Wildman–Crippen MR) is 65.8 cm³/mol. The largest absolute Gasteiger partial charge is 0.481 e. The van der Waals surface area contributed by atoms with E-state index >= 15 is 0 Å². The van der Waals surface area contributed by atoms with Crippen molar-refractivity contribution in [1.29, 1.82) is 0 Å². The fourth-order valence-electron chi connectivity index (χ4n) is 2.33. The molecule has 0 saturated carbocycles. The van der Waals surface area contributed by atoms with E-state index in [0.717, 1.165) is 0 Å². The molecule has 0 aliphatic rings. The number of hydrogen-bond donors (Lipinski definition) is 2. The molecule has 0 amide bonds. The minimum atomic E-state index is -1.15. The summed E-state index contributed by atoms with van der Waals surface area (Å²) in [6, 6.07) is 0. The van der Waals surface area contributed by atoms with Crippen molar-refractivity contribution in [1.82, 2.24) is 0 Å². The van der Waals surface area contributed by atoms with Crippen LogP contribution in [0.4, 0.5) is 0 Å². The zero-order valence-electron chi connectivity index (χ0n) is 11.4. The van der Waals surface area contributed by atoms with Gasteiger partial charge in [0.15, 0.2) is 0 Å². The quantitative estimate of drug-likeness (QED) is 0.753. The lowest BCUT2D eigenvalue weighted by Gasteiger charge is -2.36. The molecule has 0 aromatic heterocycles. The van der Waals surface area contributed by atoms with Crippen molar-refractivity contribution in [2.24, 2.45) is 16.7 Å². The van der Waals surface area contributed by atoms with Crippen LogP contribution in [0.15, 0.2) is 0 Å². The maximum atomic E-state index is 11.5. The van der Waals surface area contributed by atoms with Crippen LogP contribution in [0, 0.1) is 16.7 Å². The molecule has 0 aliphatic carbocycles. The van der Waals surface area contributed by atoms with Gasteiger partial charge in [0.2, 0.25) is 0 Å². The summed E-state index contributed by atoms with van der Waals surface area (Å²) in [5.74, 6) is -2.85. The molecule has 2 N–H and O–H groups in total. The minimum Gasteiger partial charge on any atom is -0.481 e. The Balaban J connectivity index is 5.40. The van der Waals surface area contributed by atoms with E-state index in [1.807, 2.05) is 20.8 Å². The molecule has 0 heterocycles. The van der Waals surface area contributed by atoms with Crippen LogP contribution in [0.5, 0.6) is 0 Å². The van der Waals surface area contributed by atoms with Gasteiger partial charge in [-0.2, -0.15) is 0 Å². The van der Waals surface area contributed by atoms with Crippen molar-refractivity contribution in [2.45, 2.75) is 53.9 Å². The molecule has 0 bridgehead atoms. The molecule has 0 aromatic rings. The number of rotatable bonds is 6. The topological polar surface area (TPSA) is 74.6 Å². The number of carbonyl (C=O) groups is 2. The number of hydrogen-bond acceptors (Lipinski definition) is 2. The van der Waals surface area contributed by atoms with Gasteiger partial charge in [-0.3, -0.25) is 9.59 Å². The second-order valence-corrected chi connectivity index (χ2v) is 5.82. The van der Waals surface area contributed by atoms with Crippen molar-refractivity contribution >= 4 is 11.9 Å². The van der Waals surface area contributed by atoms with E-state index in [0.29, 0.717) is 19.3 Å². The molecule has 100 valence electrons. The summed E-state index contributed by atoms with van der Waals surface area (Å²) in [6.45, 7) is 9.29. The van der Waals surface area contributed by atoms with Crippen molar-refractivity contribution in [3.05, 3.63) is 0 Å². The van der Waals surface area contributed by atoms with E-state index < -0.39 is 23.3 Å².